The van der Waals surface area contributed by atoms with Gasteiger partial charge < -0.3 is 10.1 Å². The Bertz CT molecular complexity index is 464. The van der Waals surface area contributed by atoms with Crippen LogP contribution in [0.15, 0.2) is 35.6 Å². The largest absolute Gasteiger partial charge is 0.382 e. The van der Waals surface area contributed by atoms with E-state index in [1.54, 1.807) is 0 Å². The Labute approximate surface area is 116 Å². The molecular formula is C13H17N3O4. The fraction of sp³-hybridized carbons (Fsp3) is 0.385. The zero-order valence-electron chi connectivity index (χ0n) is 11.4. The first-order valence-electron chi connectivity index (χ1n) is 6.03. The van der Waals surface area contributed by atoms with Crippen LogP contribution in [-0.4, -0.2) is 36.6 Å². The van der Waals surface area contributed by atoms with Crippen LogP contribution in [-0.2, 0) is 20.9 Å². The predicted octanol–water partition coefficient (Wildman–Crippen LogP) is 0.848. The van der Waals surface area contributed by atoms with Crippen molar-refractivity contribution in [2.24, 2.45) is 5.29 Å². The standard InChI is InChI=1S/C13H17N3O4/c1-10(17)16(15-19)12(9-20-2)13(18)14-8-11-6-4-3-5-7-11/h3-7,12H,8-9H2,1-2H3,(H,14,18)/t12-/m1/s1. The Kier molecular flexibility index (Phi) is 6.31. The second-order valence-electron chi connectivity index (χ2n) is 4.12. The molecule has 0 fully saturated rings. The minimum atomic E-state index is -1.07. The number of nitrogens with zero attached hydrogens (tertiary/aromatic N) is 2. The molecule has 0 aliphatic rings. The Balaban J connectivity index is 2.69. The molecule has 7 nitrogen and oxygen atoms in total. The summed E-state index contributed by atoms with van der Waals surface area (Å²) >= 11 is 0. The van der Waals surface area contributed by atoms with Gasteiger partial charge in [-0.15, -0.1) is 4.91 Å². The average molecular weight is 279 g/mol. The van der Waals surface area contributed by atoms with E-state index in [1.165, 1.54) is 7.11 Å². The van der Waals surface area contributed by atoms with Crippen molar-refractivity contribution in [1.82, 2.24) is 10.3 Å². The van der Waals surface area contributed by atoms with Crippen molar-refractivity contribution in [2.45, 2.75) is 19.5 Å². The number of hydrogen-bond acceptors (Lipinski definition) is 5. The number of hydrogen-bond donors (Lipinski definition) is 1. The number of nitroso groups, excluding NO2 is 1. The van der Waals surface area contributed by atoms with Gasteiger partial charge in [0.05, 0.1) is 11.9 Å². The van der Waals surface area contributed by atoms with Gasteiger partial charge in [-0.25, -0.2) is 0 Å². The molecule has 1 rings (SSSR count). The van der Waals surface area contributed by atoms with Crippen molar-refractivity contribution in [1.29, 1.82) is 0 Å². The molecule has 20 heavy (non-hydrogen) atoms. The van der Waals surface area contributed by atoms with E-state index in [4.69, 9.17) is 4.74 Å². The molecule has 0 aliphatic heterocycles. The Hall–Kier alpha value is -2.28. The van der Waals surface area contributed by atoms with Gasteiger partial charge in [0.1, 0.15) is 0 Å². The zero-order valence-corrected chi connectivity index (χ0v) is 11.4. The van der Waals surface area contributed by atoms with Crippen LogP contribution in [0, 0.1) is 4.91 Å². The molecule has 0 saturated heterocycles. The third kappa shape index (κ3) is 4.43. The quantitative estimate of drug-likeness (QED) is 0.592. The van der Waals surface area contributed by atoms with Gasteiger partial charge in [0, 0.05) is 20.6 Å². The third-order valence-electron chi connectivity index (χ3n) is 2.64. The smallest absolute Gasteiger partial charge is 0.247 e. The molecule has 1 aromatic carbocycles. The van der Waals surface area contributed by atoms with Gasteiger partial charge in [0.15, 0.2) is 6.04 Å². The molecule has 2 amide bonds. The molecule has 1 aromatic rings. The molecule has 7 heteroatoms. The van der Waals surface area contributed by atoms with Gasteiger partial charge in [-0.3, -0.25) is 9.59 Å². The fourth-order valence-corrected chi connectivity index (χ4v) is 1.65. The normalized spacial score (nSPS) is 11.5. The first kappa shape index (κ1) is 15.8. The van der Waals surface area contributed by atoms with E-state index >= 15 is 0 Å². The molecule has 0 radical (unpaired) electrons. The number of carbonyl (C=O) groups is 2. The van der Waals surface area contributed by atoms with Crippen LogP contribution in [0.3, 0.4) is 0 Å². The first-order valence-corrected chi connectivity index (χ1v) is 6.03. The number of nitrogens with one attached hydrogen (secondary N) is 1. The number of methoxy groups -OCH3 is 1. The predicted molar refractivity (Wildman–Crippen MR) is 72.3 cm³/mol. The lowest BCUT2D eigenvalue weighted by Gasteiger charge is -2.22. The Morgan fingerprint density at radius 3 is 2.50 bits per heavy atom. The highest BCUT2D eigenvalue weighted by Gasteiger charge is 2.29. The van der Waals surface area contributed by atoms with Crippen LogP contribution in [0.4, 0.5) is 0 Å². The van der Waals surface area contributed by atoms with Gasteiger partial charge >= 0.3 is 0 Å². The van der Waals surface area contributed by atoms with E-state index in [9.17, 15) is 14.5 Å². The van der Waals surface area contributed by atoms with Gasteiger partial charge in [-0.05, 0) is 5.56 Å². The highest BCUT2D eigenvalue weighted by atomic mass is 16.5. The number of ether oxygens (including phenoxy) is 1. The van der Waals surface area contributed by atoms with Crippen LogP contribution in [0.2, 0.25) is 0 Å². The Morgan fingerprint density at radius 2 is 2.00 bits per heavy atom. The minimum absolute atomic E-state index is 0.105. The lowest BCUT2D eigenvalue weighted by Crippen LogP contribution is -2.48. The van der Waals surface area contributed by atoms with Crippen LogP contribution in [0.5, 0.6) is 0 Å². The molecule has 1 atom stereocenters. The van der Waals surface area contributed by atoms with E-state index < -0.39 is 17.9 Å². The zero-order chi connectivity index (χ0) is 15.0. The summed E-state index contributed by atoms with van der Waals surface area (Å²) in [5.74, 6) is -1.11. The monoisotopic (exact) mass is 279 g/mol. The summed E-state index contributed by atoms with van der Waals surface area (Å²) in [5.41, 5.74) is 0.908. The average Bonchev–Trinajstić information content (AvgIpc) is 2.45. The molecule has 0 unspecified atom stereocenters. The molecule has 108 valence electrons. The Morgan fingerprint density at radius 1 is 1.35 bits per heavy atom. The summed E-state index contributed by atoms with van der Waals surface area (Å²) in [6, 6.07) is 8.20. The third-order valence-corrected chi connectivity index (χ3v) is 2.64. The number of carbonyl (C=O) groups excluding carboxylic acids is 2. The van der Waals surface area contributed by atoms with Crippen LogP contribution < -0.4 is 5.32 Å². The van der Waals surface area contributed by atoms with Gasteiger partial charge in [-0.1, -0.05) is 30.3 Å². The van der Waals surface area contributed by atoms with E-state index in [2.05, 4.69) is 10.6 Å². The summed E-state index contributed by atoms with van der Waals surface area (Å²) < 4.78 is 4.86. The molecule has 0 bridgehead atoms. The van der Waals surface area contributed by atoms with Crippen molar-refractivity contribution in [3.05, 3.63) is 40.8 Å². The number of benzene rings is 1. The SMILES string of the molecule is COC[C@H](C(=O)NCc1ccccc1)N(N=O)C(C)=O. The highest BCUT2D eigenvalue weighted by Crippen LogP contribution is 2.04. The second-order valence-corrected chi connectivity index (χ2v) is 4.12. The topological polar surface area (TPSA) is 88.1 Å². The summed E-state index contributed by atoms with van der Waals surface area (Å²) in [4.78, 5) is 34.0. The van der Waals surface area contributed by atoms with Crippen LogP contribution in [0.25, 0.3) is 0 Å². The molecule has 0 aliphatic carbocycles. The minimum Gasteiger partial charge on any atom is -0.382 e. The summed E-state index contributed by atoms with van der Waals surface area (Å²) in [7, 11) is 1.38. The molecule has 0 spiro atoms. The van der Waals surface area contributed by atoms with Crippen molar-refractivity contribution < 1.29 is 14.3 Å². The lowest BCUT2D eigenvalue weighted by atomic mass is 10.2. The molecular weight excluding hydrogens is 262 g/mol. The van der Waals surface area contributed by atoms with Gasteiger partial charge in [0.2, 0.25) is 11.8 Å². The van der Waals surface area contributed by atoms with Crippen molar-refractivity contribution >= 4 is 11.8 Å². The van der Waals surface area contributed by atoms with E-state index in [-0.39, 0.29) is 6.61 Å². The van der Waals surface area contributed by atoms with Crippen molar-refractivity contribution in [3.8, 4) is 0 Å². The first-order chi connectivity index (χ1) is 9.60. The van der Waals surface area contributed by atoms with Gasteiger partial charge in [0.25, 0.3) is 0 Å². The summed E-state index contributed by atoms with van der Waals surface area (Å²) in [5, 5.41) is 5.79. The van der Waals surface area contributed by atoms with E-state index in [0.29, 0.717) is 11.6 Å². The maximum atomic E-state index is 12.0. The molecule has 0 heterocycles. The van der Waals surface area contributed by atoms with Gasteiger partial charge in [-0.2, -0.15) is 5.01 Å². The maximum Gasteiger partial charge on any atom is 0.247 e. The fourth-order valence-electron chi connectivity index (χ4n) is 1.65. The molecule has 0 aromatic heterocycles. The van der Waals surface area contributed by atoms with Crippen LogP contribution in [0.1, 0.15) is 12.5 Å². The van der Waals surface area contributed by atoms with E-state index in [1.807, 2.05) is 30.3 Å². The van der Waals surface area contributed by atoms with Crippen molar-refractivity contribution in [3.63, 3.8) is 0 Å². The second kappa shape index (κ2) is 8.00. The van der Waals surface area contributed by atoms with Crippen LogP contribution >= 0.6 is 0 Å². The summed E-state index contributed by atoms with van der Waals surface area (Å²) in [6.07, 6.45) is 0. The molecule has 0 saturated carbocycles. The highest BCUT2D eigenvalue weighted by molar-refractivity contribution is 5.86. The number of rotatable bonds is 7. The number of amides is 2. The lowest BCUT2D eigenvalue weighted by molar-refractivity contribution is -0.141. The molecule has 1 N–H and O–H groups in total. The van der Waals surface area contributed by atoms with Crippen molar-refractivity contribution in [2.75, 3.05) is 13.7 Å². The summed E-state index contributed by atoms with van der Waals surface area (Å²) in [6.45, 7) is 1.35. The van der Waals surface area contributed by atoms with E-state index in [0.717, 1.165) is 12.5 Å². The maximum absolute atomic E-state index is 12.0.